The van der Waals surface area contributed by atoms with Gasteiger partial charge in [-0.25, -0.2) is 0 Å². The van der Waals surface area contributed by atoms with Crippen molar-refractivity contribution in [1.29, 1.82) is 0 Å². The first-order valence-electron chi connectivity index (χ1n) is 12.3. The van der Waals surface area contributed by atoms with Gasteiger partial charge in [0.05, 0.1) is 11.8 Å². The van der Waals surface area contributed by atoms with E-state index < -0.39 is 23.4 Å². The Balaban J connectivity index is 1.48. The van der Waals surface area contributed by atoms with E-state index in [-0.39, 0.29) is 35.3 Å². The standard InChI is InChI=1S/C27H29N3O5/c1-13-7-9-17-23(14(13)2)28-26(35)27(17)22-21(24(33)30(25(22)34)16-5-3-4-6-16)18(29-27)11-15-8-10-19(31)20(32)12-15/h7-10,12,16,18,21-22,29,31-32H,3-6,11H2,1-2H3,(H,28,35). The van der Waals surface area contributed by atoms with Crippen molar-refractivity contribution in [2.75, 3.05) is 5.32 Å². The van der Waals surface area contributed by atoms with Gasteiger partial charge in [0.15, 0.2) is 11.5 Å². The predicted octanol–water partition coefficient (Wildman–Crippen LogP) is 2.62. The van der Waals surface area contributed by atoms with Crippen LogP contribution >= 0.6 is 0 Å². The highest BCUT2D eigenvalue weighted by molar-refractivity contribution is 6.15. The molecule has 0 bridgehead atoms. The molecule has 182 valence electrons. The van der Waals surface area contributed by atoms with Crippen LogP contribution in [-0.2, 0) is 26.3 Å². The SMILES string of the molecule is Cc1ccc2c(c1C)NC(=O)C21NC(Cc2ccc(O)c(O)c2)C2C(=O)N(C3CCCC3)C(=O)C21. The van der Waals surface area contributed by atoms with E-state index in [9.17, 15) is 24.6 Å². The average Bonchev–Trinajstić information content (AvgIpc) is 3.56. The third-order valence-corrected chi connectivity index (χ3v) is 8.64. The van der Waals surface area contributed by atoms with Crippen LogP contribution in [0.5, 0.6) is 11.5 Å². The molecule has 2 saturated heterocycles. The third-order valence-electron chi connectivity index (χ3n) is 8.64. The number of aryl methyl sites for hydroxylation is 1. The minimum atomic E-state index is -1.33. The number of anilines is 1. The summed E-state index contributed by atoms with van der Waals surface area (Å²) < 4.78 is 0. The van der Waals surface area contributed by atoms with Gasteiger partial charge in [0.2, 0.25) is 17.7 Å². The van der Waals surface area contributed by atoms with Gasteiger partial charge in [-0.2, -0.15) is 0 Å². The molecule has 35 heavy (non-hydrogen) atoms. The smallest absolute Gasteiger partial charge is 0.250 e. The van der Waals surface area contributed by atoms with E-state index in [0.29, 0.717) is 23.2 Å². The fourth-order valence-corrected chi connectivity index (χ4v) is 6.79. The van der Waals surface area contributed by atoms with Gasteiger partial charge in [-0.15, -0.1) is 0 Å². The van der Waals surface area contributed by atoms with E-state index in [1.807, 2.05) is 26.0 Å². The van der Waals surface area contributed by atoms with Gasteiger partial charge in [-0.3, -0.25) is 24.6 Å². The molecular weight excluding hydrogens is 446 g/mol. The number of carbonyl (C=O) groups is 3. The third kappa shape index (κ3) is 2.92. The Hall–Kier alpha value is -3.39. The van der Waals surface area contributed by atoms with Crippen molar-refractivity contribution in [3.63, 3.8) is 0 Å². The first-order chi connectivity index (χ1) is 16.7. The molecule has 4 unspecified atom stereocenters. The Morgan fingerprint density at radius 1 is 1.00 bits per heavy atom. The lowest BCUT2D eigenvalue weighted by molar-refractivity contribution is -0.145. The molecule has 1 saturated carbocycles. The quantitative estimate of drug-likeness (QED) is 0.400. The Morgan fingerprint density at radius 3 is 2.46 bits per heavy atom. The number of benzene rings is 2. The molecule has 3 heterocycles. The van der Waals surface area contributed by atoms with Gasteiger partial charge < -0.3 is 15.5 Å². The maximum atomic E-state index is 14.0. The van der Waals surface area contributed by atoms with E-state index >= 15 is 0 Å². The number of phenolic OH excluding ortho intramolecular Hbond substituents is 2. The molecule has 3 fully saturated rings. The topological polar surface area (TPSA) is 119 Å². The molecule has 3 amide bonds. The van der Waals surface area contributed by atoms with Crippen LogP contribution in [0.15, 0.2) is 30.3 Å². The fourth-order valence-electron chi connectivity index (χ4n) is 6.79. The van der Waals surface area contributed by atoms with Crippen LogP contribution in [0.25, 0.3) is 0 Å². The second-order valence-electron chi connectivity index (χ2n) is 10.5. The number of likely N-dealkylation sites (tertiary alicyclic amines) is 1. The Kier molecular flexibility index (Phi) is 4.77. The molecule has 0 radical (unpaired) electrons. The first kappa shape index (κ1) is 22.1. The second-order valence-corrected chi connectivity index (χ2v) is 10.5. The Labute approximate surface area is 203 Å². The number of imide groups is 1. The van der Waals surface area contributed by atoms with Gasteiger partial charge in [-0.05, 0) is 61.9 Å². The molecule has 4 atom stereocenters. The van der Waals surface area contributed by atoms with Crippen LogP contribution in [0.4, 0.5) is 5.69 Å². The first-order valence-corrected chi connectivity index (χ1v) is 12.3. The molecule has 8 nitrogen and oxygen atoms in total. The predicted molar refractivity (Wildman–Crippen MR) is 128 cm³/mol. The number of carbonyl (C=O) groups excluding carboxylic acids is 3. The molecule has 0 aromatic heterocycles. The zero-order chi connectivity index (χ0) is 24.6. The highest BCUT2D eigenvalue weighted by atomic mass is 16.3. The van der Waals surface area contributed by atoms with Gasteiger partial charge in [0, 0.05) is 23.3 Å². The van der Waals surface area contributed by atoms with Crippen LogP contribution < -0.4 is 10.6 Å². The van der Waals surface area contributed by atoms with E-state index in [4.69, 9.17) is 0 Å². The summed E-state index contributed by atoms with van der Waals surface area (Å²) in [4.78, 5) is 43.0. The monoisotopic (exact) mass is 475 g/mol. The van der Waals surface area contributed by atoms with Crippen molar-refractivity contribution in [3.05, 3.63) is 52.6 Å². The number of fused-ring (bicyclic) bond motifs is 4. The summed E-state index contributed by atoms with van der Waals surface area (Å²) in [6, 6.07) is 7.79. The van der Waals surface area contributed by atoms with Crippen molar-refractivity contribution in [2.24, 2.45) is 11.8 Å². The summed E-state index contributed by atoms with van der Waals surface area (Å²) in [7, 11) is 0. The lowest BCUT2D eigenvalue weighted by Gasteiger charge is -2.31. The summed E-state index contributed by atoms with van der Waals surface area (Å²) in [5.74, 6) is -2.79. The van der Waals surface area contributed by atoms with Crippen LogP contribution in [0.2, 0.25) is 0 Å². The lowest BCUT2D eigenvalue weighted by Crippen LogP contribution is -2.54. The van der Waals surface area contributed by atoms with Gasteiger partial charge >= 0.3 is 0 Å². The van der Waals surface area contributed by atoms with E-state index in [0.717, 1.165) is 36.8 Å². The summed E-state index contributed by atoms with van der Waals surface area (Å²) in [5, 5.41) is 26.2. The molecule has 2 aromatic rings. The van der Waals surface area contributed by atoms with Crippen LogP contribution in [0, 0.1) is 25.7 Å². The molecule has 6 rings (SSSR count). The number of nitrogens with one attached hydrogen (secondary N) is 2. The Morgan fingerprint density at radius 2 is 1.74 bits per heavy atom. The van der Waals surface area contributed by atoms with Gasteiger partial charge in [0.1, 0.15) is 5.54 Å². The maximum absolute atomic E-state index is 14.0. The molecule has 4 N–H and O–H groups in total. The van der Waals surface area contributed by atoms with E-state index in [1.54, 1.807) is 6.07 Å². The van der Waals surface area contributed by atoms with Crippen molar-refractivity contribution in [2.45, 2.75) is 63.6 Å². The summed E-state index contributed by atoms with van der Waals surface area (Å²) in [6.45, 7) is 3.92. The number of hydrogen-bond donors (Lipinski definition) is 4. The minimum absolute atomic E-state index is 0.111. The number of rotatable bonds is 3. The molecule has 3 aliphatic heterocycles. The zero-order valence-electron chi connectivity index (χ0n) is 19.8. The summed E-state index contributed by atoms with van der Waals surface area (Å²) >= 11 is 0. The lowest BCUT2D eigenvalue weighted by atomic mass is 9.75. The van der Waals surface area contributed by atoms with E-state index in [2.05, 4.69) is 10.6 Å². The van der Waals surface area contributed by atoms with Crippen molar-refractivity contribution < 1.29 is 24.6 Å². The normalized spacial score (nSPS) is 29.8. The molecular formula is C27H29N3O5. The molecule has 2 aromatic carbocycles. The number of aromatic hydroxyl groups is 2. The maximum Gasteiger partial charge on any atom is 0.250 e. The van der Waals surface area contributed by atoms with Crippen LogP contribution in [-0.4, -0.2) is 44.9 Å². The number of nitrogens with zero attached hydrogens (tertiary/aromatic N) is 1. The Bertz CT molecular complexity index is 1280. The largest absolute Gasteiger partial charge is 0.504 e. The highest BCUT2D eigenvalue weighted by Crippen LogP contribution is 2.55. The van der Waals surface area contributed by atoms with Gasteiger partial charge in [0.25, 0.3) is 0 Å². The number of amides is 3. The van der Waals surface area contributed by atoms with Gasteiger partial charge in [-0.1, -0.05) is 31.0 Å². The number of hydrogen-bond acceptors (Lipinski definition) is 6. The number of phenols is 2. The highest BCUT2D eigenvalue weighted by Gasteiger charge is 2.71. The molecule has 1 spiro atoms. The molecule has 4 aliphatic rings. The zero-order valence-corrected chi connectivity index (χ0v) is 19.8. The van der Waals surface area contributed by atoms with E-state index in [1.165, 1.54) is 17.0 Å². The molecule has 8 heteroatoms. The minimum Gasteiger partial charge on any atom is -0.504 e. The van der Waals surface area contributed by atoms with Crippen LogP contribution in [0.3, 0.4) is 0 Å². The average molecular weight is 476 g/mol. The second kappa shape index (κ2) is 7.55. The molecule has 1 aliphatic carbocycles. The summed E-state index contributed by atoms with van der Waals surface area (Å²) in [6.07, 6.45) is 3.89. The van der Waals surface area contributed by atoms with Crippen molar-refractivity contribution in [1.82, 2.24) is 10.2 Å². The van der Waals surface area contributed by atoms with Crippen molar-refractivity contribution in [3.8, 4) is 11.5 Å². The van der Waals surface area contributed by atoms with Crippen molar-refractivity contribution >= 4 is 23.4 Å². The fraction of sp³-hybridized carbons (Fsp3) is 0.444. The summed E-state index contributed by atoms with van der Waals surface area (Å²) in [5.41, 5.74) is 2.78. The van der Waals surface area contributed by atoms with Crippen LogP contribution in [0.1, 0.15) is 47.9 Å².